The van der Waals surface area contributed by atoms with E-state index in [0.29, 0.717) is 11.4 Å². The van der Waals surface area contributed by atoms with Crippen molar-refractivity contribution in [3.63, 3.8) is 0 Å². The molecule has 0 aromatic heterocycles. The highest BCUT2D eigenvalue weighted by molar-refractivity contribution is 7.99. The minimum absolute atomic E-state index is 0.0234. The molecule has 0 aliphatic carbocycles. The lowest BCUT2D eigenvalue weighted by Gasteiger charge is -2.41. The number of carbonyl (C=O) groups excluding carboxylic acids is 1. The van der Waals surface area contributed by atoms with E-state index in [0.717, 1.165) is 27.3 Å². The summed E-state index contributed by atoms with van der Waals surface area (Å²) in [7, 11) is 1.66. The number of carbonyl (C=O) groups is 2. The molecule has 1 aliphatic heterocycles. The molecule has 0 unspecified atom stereocenters. The van der Waals surface area contributed by atoms with Gasteiger partial charge in [-0.05, 0) is 35.4 Å². The molecule has 3 aromatic carbocycles. The maximum atomic E-state index is 12.0. The summed E-state index contributed by atoms with van der Waals surface area (Å²) in [5, 5.41) is 21.0. The van der Waals surface area contributed by atoms with E-state index in [1.54, 1.807) is 31.0 Å². The first-order chi connectivity index (χ1) is 18.9. The van der Waals surface area contributed by atoms with Gasteiger partial charge in [-0.1, -0.05) is 55.5 Å². The summed E-state index contributed by atoms with van der Waals surface area (Å²) >= 11 is 1.67. The molecule has 0 saturated carbocycles. The van der Waals surface area contributed by atoms with E-state index in [1.807, 2.05) is 60.7 Å². The van der Waals surface area contributed by atoms with Crippen LogP contribution >= 0.6 is 11.8 Å². The number of benzene rings is 3. The largest absolute Gasteiger partial charge is 0.496 e. The number of aliphatic hydroxyl groups excluding tert-OH is 1. The van der Waals surface area contributed by atoms with Gasteiger partial charge in [0, 0.05) is 34.2 Å². The molecule has 206 valence electrons. The van der Waals surface area contributed by atoms with Crippen molar-refractivity contribution in [2.45, 2.75) is 49.8 Å². The lowest BCUT2D eigenvalue weighted by Crippen LogP contribution is -2.38. The van der Waals surface area contributed by atoms with Crippen LogP contribution in [-0.2, 0) is 25.7 Å². The standard InChI is InChI=1S/C30H33NO7S/c1-19-25(18-39-26-6-4-3-5-24(26)36-2)37-30(38-29(19)21-9-7-20(17-32)8-10-21)22-11-13-23(14-12-22)31-27(33)15-16-28(34)35/h3-14,19,25,29-30,32H,15-18H2,1-2H3,(H,31,33)(H,34,35)/t19-,25+,29+,30+/m0/s1. The number of amides is 1. The molecule has 39 heavy (non-hydrogen) atoms. The van der Waals surface area contributed by atoms with Gasteiger partial charge in [-0.15, -0.1) is 11.8 Å². The second kappa shape index (κ2) is 13.6. The molecule has 9 heteroatoms. The highest BCUT2D eigenvalue weighted by Gasteiger charge is 2.38. The van der Waals surface area contributed by atoms with Crippen LogP contribution in [0.1, 0.15) is 48.8 Å². The van der Waals surface area contributed by atoms with Crippen molar-refractivity contribution in [1.82, 2.24) is 0 Å². The molecule has 1 saturated heterocycles. The number of anilines is 1. The Labute approximate surface area is 232 Å². The summed E-state index contributed by atoms with van der Waals surface area (Å²) in [5.41, 5.74) is 3.20. The van der Waals surface area contributed by atoms with Crippen molar-refractivity contribution in [3.05, 3.63) is 89.5 Å². The number of hydrogen-bond donors (Lipinski definition) is 3. The third kappa shape index (κ3) is 7.60. The number of ether oxygens (including phenoxy) is 3. The van der Waals surface area contributed by atoms with Crippen molar-refractivity contribution < 1.29 is 34.0 Å². The Morgan fingerprint density at radius 3 is 2.31 bits per heavy atom. The first-order valence-corrected chi connectivity index (χ1v) is 13.7. The van der Waals surface area contributed by atoms with Crippen molar-refractivity contribution in [3.8, 4) is 5.75 Å². The predicted molar refractivity (Wildman–Crippen MR) is 149 cm³/mol. The van der Waals surface area contributed by atoms with Gasteiger partial charge in [-0.2, -0.15) is 0 Å². The molecule has 0 bridgehead atoms. The van der Waals surface area contributed by atoms with Gasteiger partial charge in [0.1, 0.15) is 5.75 Å². The Morgan fingerprint density at radius 2 is 1.64 bits per heavy atom. The fourth-order valence-electron chi connectivity index (χ4n) is 4.39. The number of thioether (sulfide) groups is 1. The third-order valence-electron chi connectivity index (χ3n) is 6.63. The van der Waals surface area contributed by atoms with E-state index in [4.69, 9.17) is 19.3 Å². The molecule has 8 nitrogen and oxygen atoms in total. The van der Waals surface area contributed by atoms with Gasteiger partial charge in [0.25, 0.3) is 0 Å². The average Bonchev–Trinajstić information content (AvgIpc) is 2.96. The molecule has 0 radical (unpaired) electrons. The van der Waals surface area contributed by atoms with Gasteiger partial charge in [-0.3, -0.25) is 9.59 Å². The van der Waals surface area contributed by atoms with Gasteiger partial charge >= 0.3 is 5.97 Å². The number of aliphatic carboxylic acids is 1. The molecule has 3 aromatic rings. The van der Waals surface area contributed by atoms with Crippen molar-refractivity contribution >= 4 is 29.3 Å². The summed E-state index contributed by atoms with van der Waals surface area (Å²) in [6, 6.07) is 22.8. The Hall–Kier alpha value is -3.37. The predicted octanol–water partition coefficient (Wildman–Crippen LogP) is 5.57. The zero-order valence-corrected chi connectivity index (χ0v) is 22.7. The highest BCUT2D eigenvalue weighted by Crippen LogP contribution is 2.43. The van der Waals surface area contributed by atoms with E-state index in [-0.39, 0.29) is 43.5 Å². The molecule has 3 N–H and O–H groups in total. The van der Waals surface area contributed by atoms with Crippen LogP contribution in [0, 0.1) is 5.92 Å². The number of aliphatic hydroxyl groups is 1. The highest BCUT2D eigenvalue weighted by atomic mass is 32.2. The summed E-state index contributed by atoms with van der Waals surface area (Å²) in [6.45, 7) is 2.09. The topological polar surface area (TPSA) is 114 Å². The number of carboxylic acid groups (broad SMARTS) is 1. The van der Waals surface area contributed by atoms with Gasteiger partial charge < -0.3 is 29.7 Å². The molecular formula is C30H33NO7S. The minimum atomic E-state index is -1.01. The van der Waals surface area contributed by atoms with E-state index in [9.17, 15) is 14.7 Å². The molecule has 1 heterocycles. The van der Waals surface area contributed by atoms with Crippen LogP contribution in [0.5, 0.6) is 5.75 Å². The summed E-state index contributed by atoms with van der Waals surface area (Å²) in [4.78, 5) is 23.8. The maximum Gasteiger partial charge on any atom is 0.303 e. The normalized spacial score (nSPS) is 20.8. The number of para-hydroxylation sites is 1. The summed E-state index contributed by atoms with van der Waals surface area (Å²) in [6.07, 6.45) is -1.33. The SMILES string of the molecule is COc1ccccc1SC[C@H]1O[C@@H](c2ccc(NC(=O)CCC(=O)O)cc2)O[C@@H](c2ccc(CO)cc2)[C@H]1C. The van der Waals surface area contributed by atoms with Crippen molar-refractivity contribution in [2.75, 3.05) is 18.2 Å². The van der Waals surface area contributed by atoms with Crippen LogP contribution in [0.25, 0.3) is 0 Å². The Kier molecular flexibility index (Phi) is 10.00. The number of carboxylic acids is 1. The van der Waals surface area contributed by atoms with Gasteiger partial charge in [-0.25, -0.2) is 0 Å². The summed E-state index contributed by atoms with van der Waals surface area (Å²) < 4.78 is 18.5. The van der Waals surface area contributed by atoms with Gasteiger partial charge in [0.05, 0.1) is 32.3 Å². The van der Waals surface area contributed by atoms with Crippen LogP contribution in [-0.4, -0.2) is 41.1 Å². The van der Waals surface area contributed by atoms with Crippen LogP contribution in [0.2, 0.25) is 0 Å². The minimum Gasteiger partial charge on any atom is -0.496 e. The van der Waals surface area contributed by atoms with E-state index < -0.39 is 12.3 Å². The zero-order chi connectivity index (χ0) is 27.8. The molecule has 1 amide bonds. The first kappa shape index (κ1) is 28.6. The number of hydrogen-bond acceptors (Lipinski definition) is 7. The fourth-order valence-corrected chi connectivity index (χ4v) is 5.58. The third-order valence-corrected chi connectivity index (χ3v) is 7.77. The Morgan fingerprint density at radius 1 is 0.949 bits per heavy atom. The molecule has 4 rings (SSSR count). The van der Waals surface area contributed by atoms with Crippen LogP contribution in [0.15, 0.2) is 77.7 Å². The second-order valence-corrected chi connectivity index (χ2v) is 10.4. The van der Waals surface area contributed by atoms with Crippen LogP contribution < -0.4 is 10.1 Å². The summed E-state index contributed by atoms with van der Waals surface area (Å²) in [5.74, 6) is 0.168. The zero-order valence-electron chi connectivity index (χ0n) is 21.9. The van der Waals surface area contributed by atoms with Gasteiger partial charge in [0.15, 0.2) is 6.29 Å². The lowest BCUT2D eigenvalue weighted by molar-refractivity contribution is -0.268. The first-order valence-electron chi connectivity index (χ1n) is 12.8. The van der Waals surface area contributed by atoms with E-state index in [1.165, 1.54) is 0 Å². The fraction of sp³-hybridized carbons (Fsp3) is 0.333. The van der Waals surface area contributed by atoms with Gasteiger partial charge in [0.2, 0.25) is 5.91 Å². The Bertz CT molecular complexity index is 1250. The van der Waals surface area contributed by atoms with Crippen molar-refractivity contribution in [2.24, 2.45) is 5.92 Å². The van der Waals surface area contributed by atoms with E-state index in [2.05, 4.69) is 12.2 Å². The smallest absolute Gasteiger partial charge is 0.303 e. The molecule has 0 spiro atoms. The quantitative estimate of drug-likeness (QED) is 0.265. The van der Waals surface area contributed by atoms with E-state index >= 15 is 0 Å². The Balaban J connectivity index is 1.52. The molecule has 1 aliphatic rings. The van der Waals surface area contributed by atoms with Crippen LogP contribution in [0.3, 0.4) is 0 Å². The number of rotatable bonds is 11. The number of methoxy groups -OCH3 is 1. The van der Waals surface area contributed by atoms with Crippen molar-refractivity contribution in [1.29, 1.82) is 0 Å². The number of nitrogens with one attached hydrogen (secondary N) is 1. The maximum absolute atomic E-state index is 12.0. The second-order valence-electron chi connectivity index (χ2n) is 9.35. The van der Waals surface area contributed by atoms with Crippen LogP contribution in [0.4, 0.5) is 5.69 Å². The molecule has 4 atom stereocenters. The molecule has 1 fully saturated rings. The average molecular weight is 552 g/mol. The lowest BCUT2D eigenvalue weighted by atomic mass is 9.91. The monoisotopic (exact) mass is 551 g/mol. The molecular weight excluding hydrogens is 518 g/mol.